The third kappa shape index (κ3) is 1.64. The number of amides is 1. The van der Waals surface area contributed by atoms with Gasteiger partial charge in [0.25, 0.3) is 0 Å². The predicted molar refractivity (Wildman–Crippen MR) is 60.9 cm³/mol. The highest BCUT2D eigenvalue weighted by Crippen LogP contribution is 2.26. The van der Waals surface area contributed by atoms with E-state index in [4.69, 9.17) is 0 Å². The lowest BCUT2D eigenvalue weighted by molar-refractivity contribution is -0.117. The lowest BCUT2D eigenvalue weighted by atomic mass is 10.2. The van der Waals surface area contributed by atoms with E-state index < -0.39 is 0 Å². The third-order valence-corrected chi connectivity index (χ3v) is 2.86. The predicted octanol–water partition coefficient (Wildman–Crippen LogP) is 2.03. The van der Waals surface area contributed by atoms with Crippen molar-refractivity contribution in [3.8, 4) is 0 Å². The van der Waals surface area contributed by atoms with E-state index in [2.05, 4.69) is 12.6 Å². The number of aryl methyl sites for hydroxylation is 1. The van der Waals surface area contributed by atoms with Crippen LogP contribution >= 0.6 is 12.6 Å². The van der Waals surface area contributed by atoms with Gasteiger partial charge >= 0.3 is 0 Å². The van der Waals surface area contributed by atoms with Gasteiger partial charge in [0.1, 0.15) is 0 Å². The van der Waals surface area contributed by atoms with Crippen molar-refractivity contribution in [2.75, 3.05) is 11.4 Å². The van der Waals surface area contributed by atoms with Crippen LogP contribution in [-0.2, 0) is 4.79 Å². The molecule has 74 valence electrons. The molecule has 1 heterocycles. The quantitative estimate of drug-likeness (QED) is 0.699. The zero-order valence-electron chi connectivity index (χ0n) is 8.10. The Morgan fingerprint density at radius 2 is 2.14 bits per heavy atom. The van der Waals surface area contributed by atoms with Crippen LogP contribution < -0.4 is 4.90 Å². The molecule has 0 N–H and O–H groups in total. The molecule has 1 unspecified atom stereocenters. The van der Waals surface area contributed by atoms with E-state index in [0.29, 0.717) is 6.42 Å². The Bertz CT molecular complexity index is 364. The lowest BCUT2D eigenvalue weighted by Crippen LogP contribution is -2.25. The van der Waals surface area contributed by atoms with Crippen LogP contribution in [0.3, 0.4) is 0 Å². The zero-order chi connectivity index (χ0) is 10.1. The first-order valence-electron chi connectivity index (χ1n) is 4.72. The van der Waals surface area contributed by atoms with Gasteiger partial charge in [-0.25, -0.2) is 0 Å². The van der Waals surface area contributed by atoms with Gasteiger partial charge in [-0.05, 0) is 18.6 Å². The summed E-state index contributed by atoms with van der Waals surface area (Å²) in [6.45, 7) is 2.75. The van der Waals surface area contributed by atoms with Gasteiger partial charge < -0.3 is 4.90 Å². The molecule has 0 radical (unpaired) electrons. The van der Waals surface area contributed by atoms with Crippen molar-refractivity contribution in [1.82, 2.24) is 0 Å². The number of hydrogen-bond donors (Lipinski definition) is 1. The highest BCUT2D eigenvalue weighted by Gasteiger charge is 2.28. The smallest absolute Gasteiger partial charge is 0.228 e. The van der Waals surface area contributed by atoms with Crippen molar-refractivity contribution in [2.24, 2.45) is 0 Å². The van der Waals surface area contributed by atoms with Gasteiger partial charge in [0, 0.05) is 23.9 Å². The van der Waals surface area contributed by atoms with Gasteiger partial charge in [-0.1, -0.05) is 18.2 Å². The molecule has 2 rings (SSSR count). The first-order chi connectivity index (χ1) is 6.68. The summed E-state index contributed by atoms with van der Waals surface area (Å²) in [6.07, 6.45) is 0.553. The largest absolute Gasteiger partial charge is 0.311 e. The van der Waals surface area contributed by atoms with E-state index in [-0.39, 0.29) is 11.2 Å². The third-order valence-electron chi connectivity index (χ3n) is 2.51. The second-order valence-electron chi connectivity index (χ2n) is 3.65. The number of carbonyl (C=O) groups excluding carboxylic acids is 1. The number of para-hydroxylation sites is 1. The fourth-order valence-electron chi connectivity index (χ4n) is 1.79. The summed E-state index contributed by atoms with van der Waals surface area (Å²) in [5.74, 6) is 0.180. The maximum atomic E-state index is 11.6. The summed E-state index contributed by atoms with van der Waals surface area (Å²) in [4.78, 5) is 13.4. The lowest BCUT2D eigenvalue weighted by Gasteiger charge is -2.18. The highest BCUT2D eigenvalue weighted by atomic mass is 32.1. The molecule has 0 aromatic heterocycles. The van der Waals surface area contributed by atoms with Crippen LogP contribution in [0.5, 0.6) is 0 Å². The van der Waals surface area contributed by atoms with Gasteiger partial charge in [-0.3, -0.25) is 4.79 Å². The maximum Gasteiger partial charge on any atom is 0.228 e. The first-order valence-corrected chi connectivity index (χ1v) is 5.24. The SMILES string of the molecule is Cc1ccccc1N1CC(S)CC1=O. The van der Waals surface area contributed by atoms with Gasteiger partial charge in [-0.15, -0.1) is 0 Å². The highest BCUT2D eigenvalue weighted by molar-refractivity contribution is 7.81. The van der Waals surface area contributed by atoms with Gasteiger partial charge in [-0.2, -0.15) is 12.6 Å². The van der Waals surface area contributed by atoms with E-state index in [9.17, 15) is 4.79 Å². The molecule has 0 aliphatic carbocycles. The summed E-state index contributed by atoms with van der Waals surface area (Å²) in [5.41, 5.74) is 2.16. The Kier molecular flexibility index (Phi) is 2.50. The average Bonchev–Trinajstić information content (AvgIpc) is 2.46. The van der Waals surface area contributed by atoms with E-state index in [1.807, 2.05) is 36.1 Å². The Hall–Kier alpha value is -0.960. The summed E-state index contributed by atoms with van der Waals surface area (Å²) in [7, 11) is 0. The number of thiol groups is 1. The summed E-state index contributed by atoms with van der Waals surface area (Å²) >= 11 is 4.33. The normalized spacial score (nSPS) is 21.7. The molecule has 3 heteroatoms. The minimum Gasteiger partial charge on any atom is -0.311 e. The van der Waals surface area contributed by atoms with E-state index >= 15 is 0 Å². The fourth-order valence-corrected chi connectivity index (χ4v) is 2.11. The minimum atomic E-state index is 0.180. The molecule has 1 amide bonds. The topological polar surface area (TPSA) is 20.3 Å². The van der Waals surface area contributed by atoms with Crippen molar-refractivity contribution in [3.05, 3.63) is 29.8 Å². The van der Waals surface area contributed by atoms with Crippen molar-refractivity contribution < 1.29 is 4.79 Å². The van der Waals surface area contributed by atoms with Crippen LogP contribution in [-0.4, -0.2) is 17.7 Å². The molecular weight excluding hydrogens is 194 g/mol. The van der Waals surface area contributed by atoms with Crippen LogP contribution in [0, 0.1) is 6.92 Å². The van der Waals surface area contributed by atoms with Crippen molar-refractivity contribution in [1.29, 1.82) is 0 Å². The fraction of sp³-hybridized carbons (Fsp3) is 0.364. The van der Waals surface area contributed by atoms with Crippen molar-refractivity contribution in [3.63, 3.8) is 0 Å². The number of anilines is 1. The molecule has 1 fully saturated rings. The van der Waals surface area contributed by atoms with Crippen LogP contribution in [0.4, 0.5) is 5.69 Å². The van der Waals surface area contributed by atoms with E-state index in [1.165, 1.54) is 0 Å². The van der Waals surface area contributed by atoms with E-state index in [0.717, 1.165) is 17.8 Å². The molecule has 14 heavy (non-hydrogen) atoms. The number of benzene rings is 1. The number of hydrogen-bond acceptors (Lipinski definition) is 2. The summed E-state index contributed by atoms with van der Waals surface area (Å²) < 4.78 is 0. The van der Waals surface area contributed by atoms with Crippen molar-refractivity contribution >= 4 is 24.2 Å². The molecule has 0 saturated carbocycles. The molecule has 1 aromatic rings. The molecule has 1 aromatic carbocycles. The van der Waals surface area contributed by atoms with Gasteiger partial charge in [0.2, 0.25) is 5.91 Å². The molecule has 1 saturated heterocycles. The van der Waals surface area contributed by atoms with Crippen LogP contribution in [0.15, 0.2) is 24.3 Å². The number of carbonyl (C=O) groups is 1. The summed E-state index contributed by atoms with van der Waals surface area (Å²) in [5, 5.41) is 0.183. The number of rotatable bonds is 1. The monoisotopic (exact) mass is 207 g/mol. The summed E-state index contributed by atoms with van der Waals surface area (Å²) in [6, 6.07) is 7.95. The molecule has 1 aliphatic rings. The van der Waals surface area contributed by atoms with Crippen molar-refractivity contribution in [2.45, 2.75) is 18.6 Å². The molecular formula is C11H13NOS. The Labute approximate surface area is 89.3 Å². The minimum absolute atomic E-state index is 0.180. The molecule has 1 aliphatic heterocycles. The van der Waals surface area contributed by atoms with Crippen LogP contribution in [0.25, 0.3) is 0 Å². The standard InChI is InChI=1S/C11H13NOS/c1-8-4-2-3-5-10(8)12-7-9(14)6-11(12)13/h2-5,9,14H,6-7H2,1H3. The van der Waals surface area contributed by atoms with Gasteiger partial charge in [0.15, 0.2) is 0 Å². The second kappa shape index (κ2) is 3.65. The Balaban J connectivity index is 2.32. The maximum absolute atomic E-state index is 11.6. The molecule has 2 nitrogen and oxygen atoms in total. The van der Waals surface area contributed by atoms with Gasteiger partial charge in [0.05, 0.1) is 0 Å². The molecule has 1 atom stereocenters. The molecule has 0 spiro atoms. The van der Waals surface area contributed by atoms with E-state index in [1.54, 1.807) is 0 Å². The Morgan fingerprint density at radius 1 is 1.43 bits per heavy atom. The molecule has 0 bridgehead atoms. The second-order valence-corrected chi connectivity index (χ2v) is 4.38. The van der Waals surface area contributed by atoms with Crippen LogP contribution in [0.1, 0.15) is 12.0 Å². The first kappa shape index (κ1) is 9.59. The Morgan fingerprint density at radius 3 is 2.71 bits per heavy atom. The van der Waals surface area contributed by atoms with Crippen LogP contribution in [0.2, 0.25) is 0 Å². The number of nitrogens with zero attached hydrogens (tertiary/aromatic N) is 1. The zero-order valence-corrected chi connectivity index (χ0v) is 9.00. The average molecular weight is 207 g/mol.